The summed E-state index contributed by atoms with van der Waals surface area (Å²) in [4.78, 5) is 9.28. The molecule has 0 aromatic heterocycles. The second kappa shape index (κ2) is 10.2. The molecule has 1 heterocycles. The van der Waals surface area contributed by atoms with Gasteiger partial charge in [0.05, 0.1) is 6.10 Å². The van der Waals surface area contributed by atoms with Gasteiger partial charge in [-0.15, -0.1) is 0 Å². The summed E-state index contributed by atoms with van der Waals surface area (Å²) in [5.74, 6) is 1.44. The highest BCUT2D eigenvalue weighted by molar-refractivity contribution is 5.79. The van der Waals surface area contributed by atoms with Crippen LogP contribution < -0.4 is 10.6 Å². The molecule has 0 amide bonds. The van der Waals surface area contributed by atoms with E-state index >= 15 is 0 Å². The largest absolute Gasteiger partial charge is 0.379 e. The van der Waals surface area contributed by atoms with Gasteiger partial charge in [-0.25, -0.2) is 0 Å². The minimum absolute atomic E-state index is 0.106. The van der Waals surface area contributed by atoms with Crippen LogP contribution in [0.4, 0.5) is 0 Å². The zero-order chi connectivity index (χ0) is 18.2. The Morgan fingerprint density at radius 1 is 1.12 bits per heavy atom. The van der Waals surface area contributed by atoms with Gasteiger partial charge in [-0.3, -0.25) is 4.99 Å². The molecule has 1 saturated heterocycles. The molecule has 142 valence electrons. The van der Waals surface area contributed by atoms with Gasteiger partial charge < -0.3 is 25.2 Å². The second-order valence-electron chi connectivity index (χ2n) is 8.13. The van der Waals surface area contributed by atoms with E-state index in [-0.39, 0.29) is 11.5 Å². The van der Waals surface area contributed by atoms with Gasteiger partial charge in [-0.1, -0.05) is 27.7 Å². The van der Waals surface area contributed by atoms with Crippen molar-refractivity contribution in [2.24, 2.45) is 16.3 Å². The van der Waals surface area contributed by atoms with E-state index in [4.69, 9.17) is 4.74 Å². The third-order valence-corrected chi connectivity index (χ3v) is 4.71. The molecule has 0 radical (unpaired) electrons. The highest BCUT2D eigenvalue weighted by Gasteiger charge is 2.24. The van der Waals surface area contributed by atoms with Gasteiger partial charge in [-0.2, -0.15) is 0 Å². The Hall–Kier alpha value is -0.850. The number of rotatable bonds is 7. The van der Waals surface area contributed by atoms with E-state index in [0.29, 0.717) is 5.92 Å². The number of aliphatic imine (C=N–C) groups is 1. The van der Waals surface area contributed by atoms with Gasteiger partial charge in [0.2, 0.25) is 0 Å². The normalized spacial score (nSPS) is 20.7. The maximum Gasteiger partial charge on any atom is 0.191 e. The van der Waals surface area contributed by atoms with E-state index in [1.807, 2.05) is 7.05 Å². The number of likely N-dealkylation sites (N-methyl/N-ethyl adjacent to an activating group) is 1. The van der Waals surface area contributed by atoms with Crippen LogP contribution in [0.5, 0.6) is 0 Å². The Balaban J connectivity index is 2.30. The van der Waals surface area contributed by atoms with Crippen LogP contribution in [0.2, 0.25) is 0 Å². The van der Waals surface area contributed by atoms with E-state index in [1.165, 1.54) is 26.2 Å². The van der Waals surface area contributed by atoms with Crippen molar-refractivity contribution in [2.75, 3.05) is 67.0 Å². The Bertz CT molecular complexity index is 372. The lowest BCUT2D eigenvalue weighted by Crippen LogP contribution is -2.48. The van der Waals surface area contributed by atoms with E-state index in [0.717, 1.165) is 25.6 Å². The summed E-state index contributed by atoms with van der Waals surface area (Å²) in [6.07, 6.45) is 0.152. The molecule has 2 N–H and O–H groups in total. The minimum atomic E-state index is 0.106. The Kier molecular flexibility index (Phi) is 9.02. The van der Waals surface area contributed by atoms with Crippen LogP contribution in [0.1, 0.15) is 27.7 Å². The molecule has 0 saturated carbocycles. The molecular weight excluding hydrogens is 302 g/mol. The third kappa shape index (κ3) is 7.81. The molecule has 6 nitrogen and oxygen atoms in total. The monoisotopic (exact) mass is 341 g/mol. The number of methoxy groups -OCH3 is 1. The van der Waals surface area contributed by atoms with Crippen LogP contribution in [-0.4, -0.2) is 88.9 Å². The van der Waals surface area contributed by atoms with E-state index in [1.54, 1.807) is 7.11 Å². The summed E-state index contributed by atoms with van der Waals surface area (Å²) < 4.78 is 5.59. The molecule has 0 spiro atoms. The zero-order valence-electron chi connectivity index (χ0n) is 16.9. The molecular formula is C18H39N5O. The molecule has 2 atom stereocenters. The minimum Gasteiger partial charge on any atom is -0.379 e. The van der Waals surface area contributed by atoms with Crippen LogP contribution in [-0.2, 0) is 4.74 Å². The zero-order valence-corrected chi connectivity index (χ0v) is 16.9. The number of nitrogens with zero attached hydrogens (tertiary/aromatic N) is 3. The lowest BCUT2D eigenvalue weighted by molar-refractivity contribution is 0.0205. The van der Waals surface area contributed by atoms with Crippen LogP contribution in [0.25, 0.3) is 0 Å². The molecule has 24 heavy (non-hydrogen) atoms. The number of nitrogens with one attached hydrogen (secondary N) is 2. The summed E-state index contributed by atoms with van der Waals surface area (Å²) in [5, 5.41) is 6.83. The van der Waals surface area contributed by atoms with Crippen molar-refractivity contribution in [1.82, 2.24) is 20.4 Å². The van der Waals surface area contributed by atoms with Crippen molar-refractivity contribution in [1.29, 1.82) is 0 Å². The van der Waals surface area contributed by atoms with Crippen molar-refractivity contribution >= 4 is 5.96 Å². The van der Waals surface area contributed by atoms with Gasteiger partial charge >= 0.3 is 0 Å². The van der Waals surface area contributed by atoms with Crippen molar-refractivity contribution in [3.8, 4) is 0 Å². The quantitative estimate of drug-likeness (QED) is 0.536. The van der Waals surface area contributed by atoms with Gasteiger partial charge in [0, 0.05) is 60.0 Å². The molecule has 1 aliphatic heterocycles. The summed E-state index contributed by atoms with van der Waals surface area (Å²) in [6.45, 7) is 16.4. The smallest absolute Gasteiger partial charge is 0.191 e. The van der Waals surface area contributed by atoms with Crippen LogP contribution in [0.3, 0.4) is 0 Å². The number of hydrogen-bond donors (Lipinski definition) is 2. The maximum atomic E-state index is 5.59. The van der Waals surface area contributed by atoms with Gasteiger partial charge in [-0.05, 0) is 18.4 Å². The highest BCUT2D eigenvalue weighted by atomic mass is 16.5. The molecule has 1 fully saturated rings. The predicted octanol–water partition coefficient (Wildman–Crippen LogP) is 1.10. The SMILES string of the molecule is CN=C(NCC(C)CN1CCN(C)CC1)NCC(OC)C(C)(C)C. The Morgan fingerprint density at radius 3 is 2.21 bits per heavy atom. The first-order valence-electron chi connectivity index (χ1n) is 9.14. The van der Waals surface area contributed by atoms with E-state index < -0.39 is 0 Å². The van der Waals surface area contributed by atoms with Crippen LogP contribution >= 0.6 is 0 Å². The molecule has 0 bridgehead atoms. The summed E-state index contributed by atoms with van der Waals surface area (Å²) in [6, 6.07) is 0. The van der Waals surface area contributed by atoms with Gasteiger partial charge in [0.1, 0.15) is 0 Å². The lowest BCUT2D eigenvalue weighted by Gasteiger charge is -2.34. The Labute approximate surface area is 149 Å². The standard InChI is InChI=1S/C18H39N5O/c1-15(14-23-10-8-22(6)9-11-23)12-20-17(19-5)21-13-16(24-7)18(2,3)4/h15-16H,8-14H2,1-7H3,(H2,19,20,21). The molecule has 2 unspecified atom stereocenters. The third-order valence-electron chi connectivity index (χ3n) is 4.71. The number of piperazine rings is 1. The Morgan fingerprint density at radius 2 is 1.71 bits per heavy atom. The average molecular weight is 342 g/mol. The van der Waals surface area contributed by atoms with E-state index in [2.05, 4.69) is 60.2 Å². The highest BCUT2D eigenvalue weighted by Crippen LogP contribution is 2.20. The maximum absolute atomic E-state index is 5.59. The summed E-state index contributed by atoms with van der Waals surface area (Å²) >= 11 is 0. The predicted molar refractivity (Wildman–Crippen MR) is 103 cm³/mol. The van der Waals surface area contributed by atoms with Crippen molar-refractivity contribution < 1.29 is 4.74 Å². The first-order chi connectivity index (χ1) is 11.3. The van der Waals surface area contributed by atoms with Crippen molar-refractivity contribution in [3.05, 3.63) is 0 Å². The van der Waals surface area contributed by atoms with Gasteiger partial charge in [0.15, 0.2) is 5.96 Å². The fraction of sp³-hybridized carbons (Fsp3) is 0.944. The topological polar surface area (TPSA) is 52.1 Å². The number of guanidine groups is 1. The van der Waals surface area contributed by atoms with E-state index in [9.17, 15) is 0 Å². The molecule has 0 aromatic rings. The van der Waals surface area contributed by atoms with Crippen molar-refractivity contribution in [3.63, 3.8) is 0 Å². The molecule has 1 rings (SSSR count). The number of ether oxygens (including phenoxy) is 1. The van der Waals surface area contributed by atoms with Crippen LogP contribution in [0, 0.1) is 11.3 Å². The summed E-state index contributed by atoms with van der Waals surface area (Å²) in [7, 11) is 5.79. The average Bonchev–Trinajstić information content (AvgIpc) is 2.51. The molecule has 0 aliphatic carbocycles. The number of hydrogen-bond acceptors (Lipinski definition) is 4. The first-order valence-corrected chi connectivity index (χ1v) is 9.14. The fourth-order valence-electron chi connectivity index (χ4n) is 2.96. The molecule has 1 aliphatic rings. The lowest BCUT2D eigenvalue weighted by atomic mass is 9.89. The molecule has 6 heteroatoms. The summed E-state index contributed by atoms with van der Waals surface area (Å²) in [5.41, 5.74) is 0.106. The second-order valence-corrected chi connectivity index (χ2v) is 8.13. The fourth-order valence-corrected chi connectivity index (χ4v) is 2.96. The van der Waals surface area contributed by atoms with Crippen molar-refractivity contribution in [2.45, 2.75) is 33.8 Å². The first kappa shape index (κ1) is 21.2. The van der Waals surface area contributed by atoms with Gasteiger partial charge in [0.25, 0.3) is 0 Å². The van der Waals surface area contributed by atoms with Crippen LogP contribution in [0.15, 0.2) is 4.99 Å². The molecule has 0 aromatic carbocycles.